The summed E-state index contributed by atoms with van der Waals surface area (Å²) in [7, 11) is 1.94. The largest absolute Gasteiger partial charge is 0.343 e. The average Bonchev–Trinajstić information content (AvgIpc) is 1.78. The third-order valence-corrected chi connectivity index (χ3v) is 2.70. The molecule has 1 rings (SSSR count). The molecule has 76 valence electrons. The van der Waals surface area contributed by atoms with E-state index >= 15 is 0 Å². The van der Waals surface area contributed by atoms with Gasteiger partial charge in [-0.05, 0) is 24.7 Å². The number of carbonyl (C=O) groups excluding carboxylic acids is 1. The number of rotatable bonds is 2. The Hall–Kier alpha value is -0.530. The SMILES string of the molecule is CN(C(=O)CC(C)(C)C)C1CCC1. The topological polar surface area (TPSA) is 20.3 Å². The van der Waals surface area contributed by atoms with Gasteiger partial charge in [0.25, 0.3) is 0 Å². The Kier molecular flexibility index (Phi) is 2.99. The minimum Gasteiger partial charge on any atom is -0.343 e. The molecule has 0 spiro atoms. The summed E-state index contributed by atoms with van der Waals surface area (Å²) in [4.78, 5) is 13.7. The van der Waals surface area contributed by atoms with Gasteiger partial charge in [0.15, 0.2) is 0 Å². The average molecular weight is 183 g/mol. The lowest BCUT2D eigenvalue weighted by atomic mass is 9.88. The lowest BCUT2D eigenvalue weighted by Crippen LogP contribution is -2.42. The van der Waals surface area contributed by atoms with Crippen LogP contribution in [0.25, 0.3) is 0 Å². The molecule has 0 atom stereocenters. The van der Waals surface area contributed by atoms with E-state index in [0.29, 0.717) is 18.4 Å². The van der Waals surface area contributed by atoms with Crippen molar-refractivity contribution in [3.63, 3.8) is 0 Å². The number of amides is 1. The number of hydrogen-bond donors (Lipinski definition) is 0. The van der Waals surface area contributed by atoms with E-state index in [1.165, 1.54) is 19.3 Å². The van der Waals surface area contributed by atoms with Gasteiger partial charge in [-0.25, -0.2) is 0 Å². The van der Waals surface area contributed by atoms with Crippen LogP contribution in [0.1, 0.15) is 46.5 Å². The van der Waals surface area contributed by atoms with Crippen LogP contribution in [0.5, 0.6) is 0 Å². The van der Waals surface area contributed by atoms with Crippen molar-refractivity contribution in [1.29, 1.82) is 0 Å². The van der Waals surface area contributed by atoms with Crippen LogP contribution in [0, 0.1) is 5.41 Å². The molecule has 0 radical (unpaired) electrons. The molecule has 0 aromatic rings. The monoisotopic (exact) mass is 183 g/mol. The van der Waals surface area contributed by atoms with Crippen LogP contribution in [0.4, 0.5) is 0 Å². The van der Waals surface area contributed by atoms with Gasteiger partial charge in [-0.2, -0.15) is 0 Å². The summed E-state index contributed by atoms with van der Waals surface area (Å²) in [5.41, 5.74) is 0.120. The molecule has 0 aromatic heterocycles. The molecule has 2 heteroatoms. The quantitative estimate of drug-likeness (QED) is 0.644. The summed E-state index contributed by atoms with van der Waals surface area (Å²) in [5, 5.41) is 0. The van der Waals surface area contributed by atoms with Crippen molar-refractivity contribution in [2.75, 3.05) is 7.05 Å². The minimum absolute atomic E-state index is 0.120. The lowest BCUT2D eigenvalue weighted by Gasteiger charge is -2.36. The molecule has 0 saturated heterocycles. The predicted octanol–water partition coefficient (Wildman–Crippen LogP) is 2.43. The zero-order chi connectivity index (χ0) is 10.1. The van der Waals surface area contributed by atoms with Crippen LogP contribution in [0.15, 0.2) is 0 Å². The Balaban J connectivity index is 2.38. The van der Waals surface area contributed by atoms with Gasteiger partial charge in [0.2, 0.25) is 5.91 Å². The van der Waals surface area contributed by atoms with E-state index in [1.807, 2.05) is 11.9 Å². The van der Waals surface area contributed by atoms with Crippen LogP contribution in [0.3, 0.4) is 0 Å². The second-order valence-electron chi connectivity index (χ2n) is 5.33. The van der Waals surface area contributed by atoms with Gasteiger partial charge in [-0.1, -0.05) is 20.8 Å². The van der Waals surface area contributed by atoms with Gasteiger partial charge in [-0.3, -0.25) is 4.79 Å². The first-order valence-corrected chi connectivity index (χ1v) is 5.16. The van der Waals surface area contributed by atoms with Crippen LogP contribution < -0.4 is 0 Å². The van der Waals surface area contributed by atoms with E-state index < -0.39 is 0 Å². The van der Waals surface area contributed by atoms with Gasteiger partial charge in [0.05, 0.1) is 0 Å². The van der Waals surface area contributed by atoms with Gasteiger partial charge in [0, 0.05) is 19.5 Å². The number of hydrogen-bond acceptors (Lipinski definition) is 1. The molecule has 0 heterocycles. The van der Waals surface area contributed by atoms with Gasteiger partial charge in [-0.15, -0.1) is 0 Å². The Morgan fingerprint density at radius 3 is 2.23 bits per heavy atom. The van der Waals surface area contributed by atoms with Crippen LogP contribution >= 0.6 is 0 Å². The molecule has 1 amide bonds. The normalized spacial score (nSPS) is 18.2. The maximum Gasteiger partial charge on any atom is 0.223 e. The van der Waals surface area contributed by atoms with Crippen LogP contribution in [0.2, 0.25) is 0 Å². The Labute approximate surface area is 81.3 Å². The van der Waals surface area contributed by atoms with Gasteiger partial charge in [0.1, 0.15) is 0 Å². The fourth-order valence-corrected chi connectivity index (χ4v) is 1.56. The highest BCUT2D eigenvalue weighted by atomic mass is 16.2. The summed E-state index contributed by atoms with van der Waals surface area (Å²) in [6, 6.07) is 0.537. The highest BCUT2D eigenvalue weighted by Crippen LogP contribution is 2.26. The predicted molar refractivity (Wildman–Crippen MR) is 54.5 cm³/mol. The van der Waals surface area contributed by atoms with Crippen molar-refractivity contribution < 1.29 is 4.79 Å². The van der Waals surface area contributed by atoms with Crippen LogP contribution in [-0.4, -0.2) is 23.9 Å². The molecule has 13 heavy (non-hydrogen) atoms. The third-order valence-electron chi connectivity index (χ3n) is 2.70. The fourth-order valence-electron chi connectivity index (χ4n) is 1.56. The highest BCUT2D eigenvalue weighted by Gasteiger charge is 2.27. The van der Waals surface area contributed by atoms with E-state index in [2.05, 4.69) is 20.8 Å². The zero-order valence-electron chi connectivity index (χ0n) is 9.26. The molecule has 1 aliphatic carbocycles. The number of carbonyl (C=O) groups is 1. The van der Waals surface area contributed by atoms with Crippen molar-refractivity contribution in [2.45, 2.75) is 52.5 Å². The molecule has 0 N–H and O–H groups in total. The molecule has 1 saturated carbocycles. The second-order valence-corrected chi connectivity index (χ2v) is 5.33. The lowest BCUT2D eigenvalue weighted by molar-refractivity contribution is -0.135. The maximum atomic E-state index is 11.7. The smallest absolute Gasteiger partial charge is 0.223 e. The summed E-state index contributed by atoms with van der Waals surface area (Å²) in [5.74, 6) is 0.303. The third kappa shape index (κ3) is 3.02. The van der Waals surface area contributed by atoms with E-state index in [9.17, 15) is 4.79 Å². The molecule has 1 aliphatic rings. The Morgan fingerprint density at radius 1 is 1.38 bits per heavy atom. The Bertz CT molecular complexity index is 189. The van der Waals surface area contributed by atoms with Crippen molar-refractivity contribution in [2.24, 2.45) is 5.41 Å². The first kappa shape index (κ1) is 10.6. The standard InChI is InChI=1S/C11H21NO/c1-11(2,3)8-10(13)12(4)9-6-5-7-9/h9H,5-8H2,1-4H3. The second kappa shape index (κ2) is 3.69. The van der Waals surface area contributed by atoms with Crippen LogP contribution in [-0.2, 0) is 4.79 Å². The molecular formula is C11H21NO. The molecule has 2 nitrogen and oxygen atoms in total. The molecule has 0 unspecified atom stereocenters. The molecule has 0 aromatic carbocycles. The fraction of sp³-hybridized carbons (Fsp3) is 0.909. The summed E-state index contributed by atoms with van der Waals surface area (Å²) >= 11 is 0. The van der Waals surface area contributed by atoms with Crippen molar-refractivity contribution in [1.82, 2.24) is 4.90 Å². The van der Waals surface area contributed by atoms with Crippen molar-refractivity contribution in [3.8, 4) is 0 Å². The zero-order valence-corrected chi connectivity index (χ0v) is 9.26. The molecule has 0 bridgehead atoms. The first-order valence-electron chi connectivity index (χ1n) is 5.16. The molecular weight excluding hydrogens is 162 g/mol. The van der Waals surface area contributed by atoms with Gasteiger partial charge < -0.3 is 4.90 Å². The van der Waals surface area contributed by atoms with E-state index in [1.54, 1.807) is 0 Å². The maximum absolute atomic E-state index is 11.7. The van der Waals surface area contributed by atoms with Gasteiger partial charge >= 0.3 is 0 Å². The highest BCUT2D eigenvalue weighted by molar-refractivity contribution is 5.76. The van der Waals surface area contributed by atoms with Crippen molar-refractivity contribution >= 4 is 5.91 Å². The minimum atomic E-state index is 0.120. The first-order chi connectivity index (χ1) is 5.90. The summed E-state index contributed by atoms with van der Waals surface area (Å²) < 4.78 is 0. The summed E-state index contributed by atoms with van der Waals surface area (Å²) in [6.45, 7) is 6.33. The summed E-state index contributed by atoms with van der Waals surface area (Å²) in [6.07, 6.45) is 4.36. The van der Waals surface area contributed by atoms with Crippen molar-refractivity contribution in [3.05, 3.63) is 0 Å². The number of nitrogens with zero attached hydrogens (tertiary/aromatic N) is 1. The Morgan fingerprint density at radius 2 is 1.92 bits per heavy atom. The van der Waals surface area contributed by atoms with E-state index in [4.69, 9.17) is 0 Å². The van der Waals surface area contributed by atoms with E-state index in [0.717, 1.165) is 0 Å². The molecule has 1 fully saturated rings. The van der Waals surface area contributed by atoms with E-state index in [-0.39, 0.29) is 5.41 Å². The molecule has 0 aliphatic heterocycles.